The Kier molecular flexibility index (Phi) is 3.94. The Morgan fingerprint density at radius 3 is 2.84 bits per heavy atom. The van der Waals surface area contributed by atoms with E-state index in [9.17, 15) is 4.79 Å². The second kappa shape index (κ2) is 5.65. The standard InChI is InChI=1S/C14H18N2O3/c1-9-11(6-7-15-14(17)19-3)12-8-10(18-2)4-5-13(12)16-9/h4-5,8,16H,6-7H2,1-3H3,(H,15,17). The van der Waals surface area contributed by atoms with Crippen molar-refractivity contribution in [3.8, 4) is 5.75 Å². The summed E-state index contributed by atoms with van der Waals surface area (Å²) in [7, 11) is 3.01. The number of amides is 1. The van der Waals surface area contributed by atoms with Crippen LogP contribution in [0.25, 0.3) is 10.9 Å². The number of methoxy groups -OCH3 is 2. The fraction of sp³-hybridized carbons (Fsp3) is 0.357. The molecule has 0 bridgehead atoms. The lowest BCUT2D eigenvalue weighted by Crippen LogP contribution is -2.25. The van der Waals surface area contributed by atoms with Crippen molar-refractivity contribution in [3.63, 3.8) is 0 Å². The predicted octanol–water partition coefficient (Wildman–Crippen LogP) is 2.38. The first-order valence-corrected chi connectivity index (χ1v) is 6.12. The van der Waals surface area contributed by atoms with Crippen LogP contribution in [0.2, 0.25) is 0 Å². The van der Waals surface area contributed by atoms with Crippen LogP contribution in [0.5, 0.6) is 5.75 Å². The third-order valence-electron chi connectivity index (χ3n) is 3.16. The van der Waals surface area contributed by atoms with Crippen molar-refractivity contribution in [2.24, 2.45) is 0 Å². The summed E-state index contributed by atoms with van der Waals surface area (Å²) >= 11 is 0. The maximum absolute atomic E-state index is 11.0. The van der Waals surface area contributed by atoms with E-state index < -0.39 is 6.09 Å². The normalized spacial score (nSPS) is 10.5. The lowest BCUT2D eigenvalue weighted by molar-refractivity contribution is 0.171. The number of nitrogens with one attached hydrogen (secondary N) is 2. The number of aromatic nitrogens is 1. The highest BCUT2D eigenvalue weighted by Crippen LogP contribution is 2.26. The van der Waals surface area contributed by atoms with Crippen LogP contribution in [0, 0.1) is 6.92 Å². The Morgan fingerprint density at radius 1 is 1.37 bits per heavy atom. The number of rotatable bonds is 4. The smallest absolute Gasteiger partial charge is 0.406 e. The van der Waals surface area contributed by atoms with Crippen molar-refractivity contribution in [1.29, 1.82) is 0 Å². The number of carbonyl (C=O) groups is 1. The lowest BCUT2D eigenvalue weighted by Gasteiger charge is -2.05. The number of hydrogen-bond donors (Lipinski definition) is 2. The van der Waals surface area contributed by atoms with Gasteiger partial charge in [0.15, 0.2) is 0 Å². The highest BCUT2D eigenvalue weighted by atomic mass is 16.5. The average Bonchev–Trinajstić information content (AvgIpc) is 2.74. The Bertz CT molecular complexity index is 590. The summed E-state index contributed by atoms with van der Waals surface area (Å²) in [5.41, 5.74) is 3.37. The number of alkyl carbamates (subject to hydrolysis) is 1. The molecule has 102 valence electrons. The minimum atomic E-state index is -0.407. The zero-order valence-electron chi connectivity index (χ0n) is 11.4. The van der Waals surface area contributed by atoms with Crippen molar-refractivity contribution >= 4 is 17.0 Å². The molecule has 0 aliphatic carbocycles. The zero-order chi connectivity index (χ0) is 13.8. The number of aryl methyl sites for hydroxylation is 1. The number of benzene rings is 1. The van der Waals surface area contributed by atoms with Gasteiger partial charge in [0.2, 0.25) is 0 Å². The highest BCUT2D eigenvalue weighted by Gasteiger charge is 2.09. The van der Waals surface area contributed by atoms with E-state index in [1.165, 1.54) is 12.7 Å². The number of aromatic amines is 1. The molecule has 5 nitrogen and oxygen atoms in total. The minimum absolute atomic E-state index is 0.407. The van der Waals surface area contributed by atoms with Crippen molar-refractivity contribution in [2.75, 3.05) is 20.8 Å². The van der Waals surface area contributed by atoms with E-state index in [1.54, 1.807) is 7.11 Å². The van der Waals surface area contributed by atoms with Crippen molar-refractivity contribution in [1.82, 2.24) is 10.3 Å². The fourth-order valence-corrected chi connectivity index (χ4v) is 2.17. The molecule has 1 amide bonds. The van der Waals surface area contributed by atoms with Gasteiger partial charge in [-0.05, 0) is 37.1 Å². The second-order valence-electron chi connectivity index (χ2n) is 4.31. The second-order valence-corrected chi connectivity index (χ2v) is 4.31. The topological polar surface area (TPSA) is 63.3 Å². The fourth-order valence-electron chi connectivity index (χ4n) is 2.17. The van der Waals surface area contributed by atoms with Gasteiger partial charge in [-0.25, -0.2) is 4.79 Å². The molecule has 5 heteroatoms. The summed E-state index contributed by atoms with van der Waals surface area (Å²) in [6.45, 7) is 2.57. The minimum Gasteiger partial charge on any atom is -0.497 e. The van der Waals surface area contributed by atoms with Crippen molar-refractivity contribution in [3.05, 3.63) is 29.5 Å². The van der Waals surface area contributed by atoms with E-state index in [0.29, 0.717) is 6.54 Å². The molecule has 1 aromatic carbocycles. The molecular weight excluding hydrogens is 244 g/mol. The van der Waals surface area contributed by atoms with Crippen LogP contribution in [0.15, 0.2) is 18.2 Å². The number of fused-ring (bicyclic) bond motifs is 1. The molecule has 19 heavy (non-hydrogen) atoms. The van der Waals surface area contributed by atoms with Gasteiger partial charge in [-0.2, -0.15) is 0 Å². The molecule has 0 saturated carbocycles. The maximum atomic E-state index is 11.0. The van der Waals surface area contributed by atoms with Crippen molar-refractivity contribution < 1.29 is 14.3 Å². The van der Waals surface area contributed by atoms with E-state index in [2.05, 4.69) is 15.0 Å². The van der Waals surface area contributed by atoms with E-state index in [1.807, 2.05) is 25.1 Å². The van der Waals surface area contributed by atoms with Crippen LogP contribution < -0.4 is 10.1 Å². The number of ether oxygens (including phenoxy) is 2. The SMILES string of the molecule is COC(=O)NCCc1c(C)[nH]c2ccc(OC)cc12. The van der Waals surface area contributed by atoms with Crippen LogP contribution in [-0.4, -0.2) is 31.8 Å². The first kappa shape index (κ1) is 13.3. The molecule has 2 rings (SSSR count). The number of hydrogen-bond acceptors (Lipinski definition) is 3. The van der Waals surface area contributed by atoms with E-state index in [-0.39, 0.29) is 0 Å². The van der Waals surface area contributed by atoms with E-state index >= 15 is 0 Å². The monoisotopic (exact) mass is 262 g/mol. The van der Waals surface area contributed by atoms with Gasteiger partial charge < -0.3 is 19.8 Å². The molecular formula is C14H18N2O3. The molecule has 2 N–H and O–H groups in total. The molecule has 0 aliphatic rings. The van der Waals surface area contributed by atoms with Gasteiger partial charge in [-0.15, -0.1) is 0 Å². The Morgan fingerprint density at radius 2 is 2.16 bits per heavy atom. The average molecular weight is 262 g/mol. The molecule has 1 aromatic heterocycles. The Labute approximate surface area is 111 Å². The van der Waals surface area contributed by atoms with Crippen LogP contribution in [-0.2, 0) is 11.2 Å². The first-order chi connectivity index (χ1) is 9.15. The van der Waals surface area contributed by atoms with Crippen molar-refractivity contribution in [2.45, 2.75) is 13.3 Å². The van der Waals surface area contributed by atoms with Gasteiger partial charge in [0.05, 0.1) is 14.2 Å². The molecule has 0 aliphatic heterocycles. The molecule has 1 heterocycles. The van der Waals surface area contributed by atoms with Crippen LogP contribution >= 0.6 is 0 Å². The van der Waals surface area contributed by atoms with Crippen LogP contribution in [0.4, 0.5) is 4.79 Å². The van der Waals surface area contributed by atoms with Gasteiger partial charge >= 0.3 is 6.09 Å². The lowest BCUT2D eigenvalue weighted by atomic mass is 10.1. The van der Waals surface area contributed by atoms with Gasteiger partial charge in [0.1, 0.15) is 5.75 Å². The van der Waals surface area contributed by atoms with E-state index in [0.717, 1.165) is 28.8 Å². The predicted molar refractivity (Wildman–Crippen MR) is 73.7 cm³/mol. The summed E-state index contributed by atoms with van der Waals surface area (Å²) in [6.07, 6.45) is 0.337. The molecule has 0 fully saturated rings. The van der Waals surface area contributed by atoms with E-state index in [4.69, 9.17) is 4.74 Å². The summed E-state index contributed by atoms with van der Waals surface area (Å²) in [5.74, 6) is 0.827. The largest absolute Gasteiger partial charge is 0.497 e. The quantitative estimate of drug-likeness (QED) is 0.889. The van der Waals surface area contributed by atoms with Gasteiger partial charge in [0, 0.05) is 23.1 Å². The molecule has 0 radical (unpaired) electrons. The number of carbonyl (C=O) groups excluding carboxylic acids is 1. The first-order valence-electron chi connectivity index (χ1n) is 6.12. The van der Waals surface area contributed by atoms with Gasteiger partial charge in [-0.3, -0.25) is 0 Å². The summed E-state index contributed by atoms with van der Waals surface area (Å²) in [4.78, 5) is 14.4. The Balaban J connectivity index is 2.21. The molecule has 0 unspecified atom stereocenters. The molecule has 0 spiro atoms. The Hall–Kier alpha value is -2.17. The van der Waals surface area contributed by atoms with Gasteiger partial charge in [-0.1, -0.05) is 0 Å². The molecule has 2 aromatic rings. The zero-order valence-corrected chi connectivity index (χ0v) is 11.4. The third kappa shape index (κ3) is 2.81. The maximum Gasteiger partial charge on any atom is 0.406 e. The third-order valence-corrected chi connectivity index (χ3v) is 3.16. The molecule has 0 atom stereocenters. The number of H-pyrrole nitrogens is 1. The highest BCUT2D eigenvalue weighted by molar-refractivity contribution is 5.86. The van der Waals surface area contributed by atoms with Crippen LogP contribution in [0.3, 0.4) is 0 Å². The summed E-state index contributed by atoms with van der Waals surface area (Å²) in [6, 6.07) is 5.93. The van der Waals surface area contributed by atoms with Gasteiger partial charge in [0.25, 0.3) is 0 Å². The summed E-state index contributed by atoms with van der Waals surface area (Å²) in [5, 5.41) is 3.81. The molecule has 0 saturated heterocycles. The summed E-state index contributed by atoms with van der Waals surface area (Å²) < 4.78 is 9.79. The van der Waals surface area contributed by atoms with Crippen LogP contribution in [0.1, 0.15) is 11.3 Å².